The molecule has 0 aromatic carbocycles. The quantitative estimate of drug-likeness (QED) is 0.760. The van der Waals surface area contributed by atoms with E-state index in [2.05, 4.69) is 4.98 Å². The molecule has 3 heterocycles. The summed E-state index contributed by atoms with van der Waals surface area (Å²) < 4.78 is 6.80. The van der Waals surface area contributed by atoms with Crippen molar-refractivity contribution in [3.8, 4) is 0 Å². The molecule has 2 amide bonds. The van der Waals surface area contributed by atoms with E-state index in [4.69, 9.17) is 4.74 Å². The molecule has 8 nitrogen and oxygen atoms in total. The Bertz CT molecular complexity index is 729. The first kappa shape index (κ1) is 15.5. The summed E-state index contributed by atoms with van der Waals surface area (Å²) in [5.41, 5.74) is 0.318. The average Bonchev–Trinajstić information content (AvgIpc) is 2.98. The number of aryl methyl sites for hydroxylation is 2. The van der Waals surface area contributed by atoms with Crippen LogP contribution in [-0.4, -0.2) is 63.6 Å². The van der Waals surface area contributed by atoms with E-state index in [9.17, 15) is 14.4 Å². The highest BCUT2D eigenvalue weighted by molar-refractivity contribution is 5.77. The lowest BCUT2D eigenvalue weighted by atomic mass is 10.0. The molecule has 3 rings (SSSR count). The van der Waals surface area contributed by atoms with Gasteiger partial charge in [0.05, 0.1) is 13.1 Å². The molecule has 0 saturated carbocycles. The average molecular weight is 320 g/mol. The Hall–Kier alpha value is -2.38. The molecule has 2 fully saturated rings. The molecule has 23 heavy (non-hydrogen) atoms. The lowest BCUT2D eigenvalue weighted by Crippen LogP contribution is -2.41. The number of likely N-dealkylation sites (N-methyl/N-ethyl adjacent to an activating group) is 1. The number of rotatable bonds is 2. The van der Waals surface area contributed by atoms with Crippen LogP contribution < -0.4 is 5.69 Å². The molecule has 0 N–H and O–H groups in total. The van der Waals surface area contributed by atoms with Gasteiger partial charge in [0.2, 0.25) is 5.91 Å². The van der Waals surface area contributed by atoms with Crippen molar-refractivity contribution in [1.82, 2.24) is 19.4 Å². The topological polar surface area (TPSA) is 84.7 Å². The van der Waals surface area contributed by atoms with Crippen molar-refractivity contribution in [2.45, 2.75) is 32.4 Å². The Balaban J connectivity index is 1.71. The zero-order valence-electron chi connectivity index (χ0n) is 13.5. The molecule has 1 aromatic rings. The molecule has 2 saturated heterocycles. The lowest BCUT2D eigenvalue weighted by molar-refractivity contribution is -0.131. The standard InChI is InChI=1S/C15H20N4O4/c1-10-6-11(2)19(13(21)16-10)7-12(20)18-5-4-15(9-18)8-17(3)14(22)23-15/h6H,4-5,7-9H2,1-3H3/t15-/m0/s1. The summed E-state index contributed by atoms with van der Waals surface area (Å²) in [7, 11) is 1.68. The third-order valence-electron chi connectivity index (χ3n) is 4.45. The van der Waals surface area contributed by atoms with E-state index in [-0.39, 0.29) is 18.5 Å². The third-order valence-corrected chi connectivity index (χ3v) is 4.45. The zero-order chi connectivity index (χ0) is 16.8. The Labute approximate surface area is 133 Å². The number of nitrogens with zero attached hydrogens (tertiary/aromatic N) is 4. The predicted octanol–water partition coefficient (Wildman–Crippen LogP) is -0.0868. The largest absolute Gasteiger partial charge is 0.439 e. The summed E-state index contributed by atoms with van der Waals surface area (Å²) in [5, 5.41) is 0. The van der Waals surface area contributed by atoms with Crippen molar-refractivity contribution in [2.24, 2.45) is 0 Å². The molecule has 0 radical (unpaired) electrons. The van der Waals surface area contributed by atoms with Gasteiger partial charge >= 0.3 is 11.8 Å². The fourth-order valence-electron chi connectivity index (χ4n) is 3.26. The van der Waals surface area contributed by atoms with Crippen molar-refractivity contribution in [2.75, 3.05) is 26.7 Å². The van der Waals surface area contributed by atoms with Crippen molar-refractivity contribution in [3.63, 3.8) is 0 Å². The van der Waals surface area contributed by atoms with Gasteiger partial charge in [-0.2, -0.15) is 4.98 Å². The van der Waals surface area contributed by atoms with Gasteiger partial charge in [-0.3, -0.25) is 9.36 Å². The van der Waals surface area contributed by atoms with Gasteiger partial charge in [0.15, 0.2) is 5.60 Å². The predicted molar refractivity (Wildman–Crippen MR) is 81.0 cm³/mol. The molecule has 2 aliphatic rings. The van der Waals surface area contributed by atoms with Crippen molar-refractivity contribution in [3.05, 3.63) is 27.9 Å². The van der Waals surface area contributed by atoms with Crippen LogP contribution in [0.5, 0.6) is 0 Å². The Kier molecular flexibility index (Phi) is 3.62. The Morgan fingerprint density at radius 1 is 1.35 bits per heavy atom. The first-order valence-electron chi connectivity index (χ1n) is 7.57. The Morgan fingerprint density at radius 3 is 2.70 bits per heavy atom. The molecule has 124 valence electrons. The van der Waals surface area contributed by atoms with Crippen molar-refractivity contribution < 1.29 is 14.3 Å². The highest BCUT2D eigenvalue weighted by atomic mass is 16.6. The second kappa shape index (κ2) is 5.36. The Morgan fingerprint density at radius 2 is 2.09 bits per heavy atom. The molecule has 0 aliphatic carbocycles. The van der Waals surface area contributed by atoms with E-state index >= 15 is 0 Å². The number of amides is 2. The molecule has 0 bridgehead atoms. The van der Waals surface area contributed by atoms with Gasteiger partial charge in [-0.05, 0) is 19.9 Å². The summed E-state index contributed by atoms with van der Waals surface area (Å²) in [4.78, 5) is 43.1. The van der Waals surface area contributed by atoms with Crippen molar-refractivity contribution in [1.29, 1.82) is 0 Å². The third kappa shape index (κ3) is 2.80. The van der Waals surface area contributed by atoms with Crippen LogP contribution in [0, 0.1) is 13.8 Å². The van der Waals surface area contributed by atoms with Crippen LogP contribution in [0.25, 0.3) is 0 Å². The summed E-state index contributed by atoms with van der Waals surface area (Å²) in [6.07, 6.45) is 0.267. The molecule has 2 aliphatic heterocycles. The summed E-state index contributed by atoms with van der Waals surface area (Å²) in [5.74, 6) is -0.164. The SMILES string of the molecule is Cc1cc(C)n(CC(=O)N2CC[C@]3(CN(C)C(=O)O3)C2)c(=O)n1. The number of hydrogen-bond donors (Lipinski definition) is 0. The molecule has 1 aromatic heterocycles. The summed E-state index contributed by atoms with van der Waals surface area (Å²) in [6.45, 7) is 4.86. The van der Waals surface area contributed by atoms with Crippen LogP contribution in [0.2, 0.25) is 0 Å². The maximum Gasteiger partial charge on any atom is 0.410 e. The first-order valence-corrected chi connectivity index (χ1v) is 7.57. The normalized spacial score (nSPS) is 23.7. The van der Waals surface area contributed by atoms with Gasteiger partial charge in [0.1, 0.15) is 6.54 Å². The monoisotopic (exact) mass is 320 g/mol. The maximum absolute atomic E-state index is 12.5. The zero-order valence-corrected chi connectivity index (χ0v) is 13.5. The van der Waals surface area contributed by atoms with E-state index in [0.29, 0.717) is 37.4 Å². The second-order valence-electron chi connectivity index (χ2n) is 6.38. The number of hydrogen-bond acceptors (Lipinski definition) is 5. The minimum Gasteiger partial charge on any atom is -0.439 e. The van der Waals surface area contributed by atoms with Crippen LogP contribution in [0.3, 0.4) is 0 Å². The highest BCUT2D eigenvalue weighted by Crippen LogP contribution is 2.31. The van der Waals surface area contributed by atoms with Gasteiger partial charge in [-0.25, -0.2) is 9.59 Å². The van der Waals surface area contributed by atoms with Gasteiger partial charge in [-0.15, -0.1) is 0 Å². The second-order valence-corrected chi connectivity index (χ2v) is 6.38. The van der Waals surface area contributed by atoms with Crippen LogP contribution in [0.15, 0.2) is 10.9 Å². The maximum atomic E-state index is 12.5. The van der Waals surface area contributed by atoms with Gasteiger partial charge in [-0.1, -0.05) is 0 Å². The van der Waals surface area contributed by atoms with Crippen LogP contribution in [-0.2, 0) is 16.1 Å². The van der Waals surface area contributed by atoms with Crippen LogP contribution >= 0.6 is 0 Å². The summed E-state index contributed by atoms with van der Waals surface area (Å²) >= 11 is 0. The lowest BCUT2D eigenvalue weighted by Gasteiger charge is -2.22. The number of ether oxygens (including phenoxy) is 1. The van der Waals surface area contributed by atoms with Crippen LogP contribution in [0.4, 0.5) is 4.79 Å². The minimum atomic E-state index is -0.604. The van der Waals surface area contributed by atoms with Crippen LogP contribution in [0.1, 0.15) is 17.8 Å². The minimum absolute atomic E-state index is 0.0438. The van der Waals surface area contributed by atoms with Gasteiger partial charge in [0.25, 0.3) is 0 Å². The van der Waals surface area contributed by atoms with E-state index in [0.717, 1.165) is 0 Å². The first-order chi connectivity index (χ1) is 10.8. The van der Waals surface area contributed by atoms with Gasteiger partial charge in [0, 0.05) is 31.4 Å². The smallest absolute Gasteiger partial charge is 0.410 e. The fraction of sp³-hybridized carbons (Fsp3) is 0.600. The molecular formula is C15H20N4O4. The molecule has 0 unspecified atom stereocenters. The highest BCUT2D eigenvalue weighted by Gasteiger charge is 2.49. The number of likely N-dealkylation sites (tertiary alicyclic amines) is 1. The molecule has 8 heteroatoms. The molecule has 1 atom stereocenters. The van der Waals surface area contributed by atoms with Crippen molar-refractivity contribution >= 4 is 12.0 Å². The van der Waals surface area contributed by atoms with E-state index < -0.39 is 11.3 Å². The van der Waals surface area contributed by atoms with E-state index in [1.807, 2.05) is 0 Å². The number of carbonyl (C=O) groups excluding carboxylic acids is 2. The number of aromatic nitrogens is 2. The van der Waals surface area contributed by atoms with E-state index in [1.165, 1.54) is 9.47 Å². The summed E-state index contributed by atoms with van der Waals surface area (Å²) in [6, 6.07) is 1.77. The van der Waals surface area contributed by atoms with E-state index in [1.54, 1.807) is 31.9 Å². The molecular weight excluding hydrogens is 300 g/mol. The number of carbonyl (C=O) groups is 2. The van der Waals surface area contributed by atoms with Gasteiger partial charge < -0.3 is 14.5 Å². The molecule has 1 spiro atoms. The fourth-order valence-corrected chi connectivity index (χ4v) is 3.26.